The predicted octanol–water partition coefficient (Wildman–Crippen LogP) is 6.47. The van der Waals surface area contributed by atoms with Crippen molar-refractivity contribution in [1.29, 1.82) is 0 Å². The van der Waals surface area contributed by atoms with Gasteiger partial charge in [0.25, 0.3) is 5.91 Å². The molecule has 6 aromatic rings. The van der Waals surface area contributed by atoms with Crippen LogP contribution in [-0.4, -0.2) is 15.5 Å². The molecule has 0 aliphatic carbocycles. The Morgan fingerprint density at radius 2 is 1.74 bits per heavy atom. The number of hydrogen-bond acceptors (Lipinski definition) is 5. The van der Waals surface area contributed by atoms with E-state index >= 15 is 0 Å². The van der Waals surface area contributed by atoms with Crippen molar-refractivity contribution >= 4 is 71.1 Å². The van der Waals surface area contributed by atoms with Crippen LogP contribution in [0.5, 0.6) is 0 Å². The molecule has 7 heteroatoms. The second-order valence-corrected chi connectivity index (χ2v) is 10.2. The number of rotatable bonds is 2. The monoisotopic (exact) mass is 457 g/mol. The fourth-order valence-electron chi connectivity index (χ4n) is 3.65. The number of aryl methyl sites for hydroxylation is 1. The van der Waals surface area contributed by atoms with Gasteiger partial charge in [0, 0.05) is 12.4 Å². The summed E-state index contributed by atoms with van der Waals surface area (Å²) in [6, 6.07) is 24.4. The predicted molar refractivity (Wildman–Crippen MR) is 131 cm³/mol. The van der Waals surface area contributed by atoms with Crippen LogP contribution in [0.25, 0.3) is 41.1 Å². The third-order valence-electron chi connectivity index (χ3n) is 5.22. The summed E-state index contributed by atoms with van der Waals surface area (Å²) in [6.07, 6.45) is 0. The number of benzene rings is 3. The summed E-state index contributed by atoms with van der Waals surface area (Å²) in [5.74, 6) is -0.219. The summed E-state index contributed by atoms with van der Waals surface area (Å²) in [6.45, 7) is 0. The smallest absolute Gasteiger partial charge is 0.289 e. The van der Waals surface area contributed by atoms with Crippen molar-refractivity contribution in [3.8, 4) is 9.88 Å². The Labute approximate surface area is 189 Å². The van der Waals surface area contributed by atoms with Crippen molar-refractivity contribution in [2.24, 2.45) is 12.0 Å². The van der Waals surface area contributed by atoms with Crippen molar-refractivity contribution in [1.82, 2.24) is 9.55 Å². The number of carbonyl (C=O) groups excluding carboxylic acids is 1. The number of hydrogen-bond donors (Lipinski definition) is 0. The van der Waals surface area contributed by atoms with E-state index < -0.39 is 0 Å². The third-order valence-corrected chi connectivity index (χ3v) is 8.68. The second-order valence-electron chi connectivity index (χ2n) is 7.15. The minimum absolute atomic E-state index is 0.219. The first kappa shape index (κ1) is 18.6. The van der Waals surface area contributed by atoms with Crippen LogP contribution in [0.15, 0.2) is 77.8 Å². The summed E-state index contributed by atoms with van der Waals surface area (Å²) in [7, 11) is 1.96. The van der Waals surface area contributed by atoms with Gasteiger partial charge in [0.15, 0.2) is 4.80 Å². The van der Waals surface area contributed by atoms with Crippen LogP contribution in [0.3, 0.4) is 0 Å². The summed E-state index contributed by atoms with van der Waals surface area (Å²) in [4.78, 5) is 24.4. The van der Waals surface area contributed by atoms with E-state index in [-0.39, 0.29) is 5.91 Å². The molecule has 6 rings (SSSR count). The normalized spacial score (nSPS) is 12.4. The van der Waals surface area contributed by atoms with Gasteiger partial charge in [-0.1, -0.05) is 53.8 Å². The Bertz CT molecular complexity index is 1650. The van der Waals surface area contributed by atoms with Gasteiger partial charge in [0.2, 0.25) is 0 Å². The van der Waals surface area contributed by atoms with E-state index in [0.717, 1.165) is 30.3 Å². The van der Waals surface area contributed by atoms with Gasteiger partial charge in [0.1, 0.15) is 5.01 Å². The molecule has 0 aliphatic rings. The summed E-state index contributed by atoms with van der Waals surface area (Å²) in [5, 5.41) is 3.31. The molecule has 3 aromatic carbocycles. The van der Waals surface area contributed by atoms with Crippen molar-refractivity contribution in [3.05, 3.63) is 82.5 Å². The van der Waals surface area contributed by atoms with Crippen LogP contribution in [0.4, 0.5) is 0 Å². The lowest BCUT2D eigenvalue weighted by molar-refractivity contribution is 0.100. The van der Waals surface area contributed by atoms with E-state index in [1.807, 2.05) is 54.1 Å². The van der Waals surface area contributed by atoms with Crippen molar-refractivity contribution in [3.63, 3.8) is 0 Å². The van der Waals surface area contributed by atoms with Gasteiger partial charge in [0.05, 0.1) is 30.2 Å². The fraction of sp³-hybridized carbons (Fsp3) is 0.0417. The minimum atomic E-state index is -0.219. The molecule has 4 nitrogen and oxygen atoms in total. The maximum Gasteiger partial charge on any atom is 0.289 e. The largest absolute Gasteiger partial charge is 0.319 e. The molecular formula is C24H15N3OS3. The number of para-hydroxylation sites is 1. The number of thiazole rings is 2. The quantitative estimate of drug-likeness (QED) is 0.299. The van der Waals surface area contributed by atoms with Crippen LogP contribution in [0.2, 0.25) is 0 Å². The number of thiophene rings is 1. The van der Waals surface area contributed by atoms with Crippen LogP contribution in [-0.2, 0) is 7.05 Å². The molecule has 0 N–H and O–H groups in total. The Morgan fingerprint density at radius 3 is 2.65 bits per heavy atom. The highest BCUT2D eigenvalue weighted by Crippen LogP contribution is 2.34. The highest BCUT2D eigenvalue weighted by atomic mass is 32.1. The van der Waals surface area contributed by atoms with Gasteiger partial charge >= 0.3 is 0 Å². The van der Waals surface area contributed by atoms with Crippen molar-refractivity contribution in [2.75, 3.05) is 0 Å². The molecule has 0 fully saturated rings. The van der Waals surface area contributed by atoms with Gasteiger partial charge in [-0.15, -0.1) is 22.7 Å². The third kappa shape index (κ3) is 3.13. The van der Waals surface area contributed by atoms with Crippen LogP contribution >= 0.6 is 34.0 Å². The first-order valence-electron chi connectivity index (χ1n) is 9.69. The average Bonchev–Trinajstić information content (AvgIpc) is 3.51. The van der Waals surface area contributed by atoms with Crippen LogP contribution in [0.1, 0.15) is 9.67 Å². The number of carbonyl (C=O) groups is 1. The van der Waals surface area contributed by atoms with Crippen LogP contribution < -0.4 is 4.80 Å². The van der Waals surface area contributed by atoms with E-state index in [1.54, 1.807) is 22.7 Å². The molecule has 31 heavy (non-hydrogen) atoms. The lowest BCUT2D eigenvalue weighted by Gasteiger charge is -1.99. The Balaban J connectivity index is 1.40. The Hall–Kier alpha value is -3.13. The van der Waals surface area contributed by atoms with E-state index in [1.165, 1.54) is 22.1 Å². The molecule has 0 unspecified atom stereocenters. The average molecular weight is 458 g/mol. The molecule has 3 heterocycles. The van der Waals surface area contributed by atoms with Crippen LogP contribution in [0, 0.1) is 0 Å². The number of amides is 1. The second kappa shape index (κ2) is 7.23. The maximum atomic E-state index is 12.9. The Morgan fingerprint density at radius 1 is 0.903 bits per heavy atom. The van der Waals surface area contributed by atoms with Gasteiger partial charge in [-0.3, -0.25) is 4.79 Å². The van der Waals surface area contributed by atoms with Gasteiger partial charge in [-0.25, -0.2) is 4.98 Å². The fourth-order valence-corrected chi connectivity index (χ4v) is 6.71. The molecular weight excluding hydrogens is 442 g/mol. The van der Waals surface area contributed by atoms with E-state index in [0.29, 0.717) is 9.68 Å². The lowest BCUT2D eigenvalue weighted by Crippen LogP contribution is -2.12. The zero-order valence-electron chi connectivity index (χ0n) is 16.4. The SMILES string of the molecule is Cn1c(=NC(=O)c2ccc(-c3nc4ccccc4s3)s2)sc2c3ccccc3ccc21. The Kier molecular flexibility index (Phi) is 4.34. The topological polar surface area (TPSA) is 47.2 Å². The number of nitrogens with zero attached hydrogens (tertiary/aromatic N) is 3. The molecule has 0 bridgehead atoms. The van der Waals surface area contributed by atoms with E-state index in [9.17, 15) is 4.79 Å². The van der Waals surface area contributed by atoms with Gasteiger partial charge in [-0.2, -0.15) is 4.99 Å². The molecule has 0 saturated heterocycles. The number of fused-ring (bicyclic) bond motifs is 4. The maximum absolute atomic E-state index is 12.9. The highest BCUT2D eigenvalue weighted by Gasteiger charge is 2.14. The zero-order chi connectivity index (χ0) is 20.9. The standard InChI is InChI=1S/C24H15N3OS3/c1-27-17-11-10-14-6-2-3-7-15(14)21(17)31-24(27)26-22(28)19-12-13-20(29-19)23-25-16-8-4-5-9-18(16)30-23/h2-13H,1H3. The summed E-state index contributed by atoms with van der Waals surface area (Å²) < 4.78 is 4.29. The van der Waals surface area contributed by atoms with Crippen molar-refractivity contribution < 1.29 is 4.79 Å². The van der Waals surface area contributed by atoms with Gasteiger partial charge < -0.3 is 4.57 Å². The molecule has 150 valence electrons. The lowest BCUT2D eigenvalue weighted by atomic mass is 10.1. The molecule has 0 saturated carbocycles. The van der Waals surface area contributed by atoms with Gasteiger partial charge in [-0.05, 0) is 35.7 Å². The van der Waals surface area contributed by atoms with E-state index in [2.05, 4.69) is 35.3 Å². The molecule has 0 aliphatic heterocycles. The first-order valence-corrected chi connectivity index (χ1v) is 12.1. The first-order chi connectivity index (χ1) is 15.2. The van der Waals surface area contributed by atoms with Crippen molar-refractivity contribution in [2.45, 2.75) is 0 Å². The summed E-state index contributed by atoms with van der Waals surface area (Å²) >= 11 is 4.64. The zero-order valence-corrected chi connectivity index (χ0v) is 18.9. The minimum Gasteiger partial charge on any atom is -0.319 e. The number of aromatic nitrogens is 2. The molecule has 1 amide bonds. The highest BCUT2D eigenvalue weighted by molar-refractivity contribution is 7.26. The molecule has 3 aromatic heterocycles. The molecule has 0 radical (unpaired) electrons. The molecule has 0 spiro atoms. The molecule has 0 atom stereocenters. The van der Waals surface area contributed by atoms with E-state index in [4.69, 9.17) is 4.98 Å². The summed E-state index contributed by atoms with van der Waals surface area (Å²) in [5.41, 5.74) is 2.06.